The van der Waals surface area contributed by atoms with Crippen LogP contribution in [0.3, 0.4) is 0 Å². The predicted octanol–water partition coefficient (Wildman–Crippen LogP) is -0.168. The van der Waals surface area contributed by atoms with E-state index in [2.05, 4.69) is 15.1 Å². The molecule has 0 aromatic carbocycles. The number of rotatable bonds is 3. The Bertz CT molecular complexity index is 474. The van der Waals surface area contributed by atoms with E-state index in [1.54, 1.807) is 24.9 Å². The van der Waals surface area contributed by atoms with Crippen molar-refractivity contribution in [2.75, 3.05) is 17.8 Å². The number of nitrogens with zero attached hydrogens (tertiary/aromatic N) is 2. The van der Waals surface area contributed by atoms with Gasteiger partial charge in [-0.25, -0.2) is 8.42 Å². The maximum Gasteiger partial charge on any atom is 0.237 e. The molecule has 0 amide bonds. The van der Waals surface area contributed by atoms with E-state index in [0.717, 1.165) is 6.54 Å². The highest BCUT2D eigenvalue weighted by Crippen LogP contribution is 2.17. The van der Waals surface area contributed by atoms with Gasteiger partial charge in [0.15, 0.2) is 0 Å². The quantitative estimate of drug-likeness (QED) is 0.774. The van der Waals surface area contributed by atoms with Crippen LogP contribution >= 0.6 is 0 Å². The topological polar surface area (TPSA) is 76.0 Å². The molecule has 7 heteroatoms. The summed E-state index contributed by atoms with van der Waals surface area (Å²) in [7, 11) is -1.52. The summed E-state index contributed by atoms with van der Waals surface area (Å²) in [5.74, 6) is 0. The van der Waals surface area contributed by atoms with Crippen molar-refractivity contribution < 1.29 is 8.42 Å². The lowest BCUT2D eigenvalue weighted by molar-refractivity contribution is 0.588. The molecule has 1 atom stereocenters. The van der Waals surface area contributed by atoms with Crippen molar-refractivity contribution in [3.05, 3.63) is 11.9 Å². The highest BCUT2D eigenvalue weighted by Gasteiger charge is 2.29. The molecule has 1 aliphatic rings. The zero-order valence-electron chi connectivity index (χ0n) is 9.40. The summed E-state index contributed by atoms with van der Waals surface area (Å²) >= 11 is 0. The van der Waals surface area contributed by atoms with Crippen molar-refractivity contribution in [3.8, 4) is 0 Å². The summed E-state index contributed by atoms with van der Waals surface area (Å²) in [4.78, 5) is 0. The smallest absolute Gasteiger partial charge is 0.237 e. The maximum atomic E-state index is 12.0. The Kier molecular flexibility index (Phi) is 2.90. The monoisotopic (exact) mass is 244 g/mol. The van der Waals surface area contributed by atoms with Crippen molar-refractivity contribution in [1.29, 1.82) is 0 Å². The minimum atomic E-state index is -3.29. The molecule has 1 saturated heterocycles. The van der Waals surface area contributed by atoms with Crippen LogP contribution in [-0.2, 0) is 17.1 Å². The number of aryl methyl sites for hydroxylation is 2. The molecule has 2 N–H and O–H groups in total. The largest absolute Gasteiger partial charge is 0.315 e. The summed E-state index contributed by atoms with van der Waals surface area (Å²) in [6, 6.07) is 0. The van der Waals surface area contributed by atoms with Gasteiger partial charge in [0.1, 0.15) is 0 Å². The van der Waals surface area contributed by atoms with Crippen molar-refractivity contribution in [3.63, 3.8) is 0 Å². The normalized spacial score (nSPS) is 21.2. The van der Waals surface area contributed by atoms with Crippen molar-refractivity contribution >= 4 is 15.7 Å². The highest BCUT2D eigenvalue weighted by molar-refractivity contribution is 7.93. The van der Waals surface area contributed by atoms with Crippen molar-refractivity contribution in [1.82, 2.24) is 15.1 Å². The Morgan fingerprint density at radius 3 is 2.88 bits per heavy atom. The number of anilines is 1. The molecule has 0 radical (unpaired) electrons. The van der Waals surface area contributed by atoms with E-state index in [4.69, 9.17) is 0 Å². The second-order valence-electron chi connectivity index (χ2n) is 4.06. The van der Waals surface area contributed by atoms with Gasteiger partial charge in [0.2, 0.25) is 10.0 Å². The van der Waals surface area contributed by atoms with Gasteiger partial charge >= 0.3 is 0 Å². The summed E-state index contributed by atoms with van der Waals surface area (Å²) in [5, 5.41) is 6.80. The van der Waals surface area contributed by atoms with Crippen LogP contribution in [0.4, 0.5) is 5.69 Å². The molecule has 1 aromatic heterocycles. The van der Waals surface area contributed by atoms with Gasteiger partial charge < -0.3 is 5.32 Å². The fourth-order valence-corrected chi connectivity index (χ4v) is 3.27. The van der Waals surface area contributed by atoms with E-state index in [1.807, 2.05) is 0 Å². The van der Waals surface area contributed by atoms with E-state index in [-0.39, 0.29) is 5.25 Å². The molecule has 0 aliphatic carbocycles. The molecule has 2 heterocycles. The Morgan fingerprint density at radius 1 is 1.62 bits per heavy atom. The van der Waals surface area contributed by atoms with Crippen LogP contribution in [0, 0.1) is 6.92 Å². The predicted molar refractivity (Wildman–Crippen MR) is 61.8 cm³/mol. The van der Waals surface area contributed by atoms with Crippen LogP contribution in [0.15, 0.2) is 6.20 Å². The molecule has 1 unspecified atom stereocenters. The van der Waals surface area contributed by atoms with Gasteiger partial charge in [0.05, 0.1) is 16.6 Å². The second-order valence-corrected chi connectivity index (χ2v) is 6.02. The third-order valence-corrected chi connectivity index (χ3v) is 4.50. The molecule has 1 aromatic rings. The number of nitrogens with one attached hydrogen (secondary N) is 2. The average molecular weight is 244 g/mol. The van der Waals surface area contributed by atoms with E-state index in [1.165, 1.54) is 0 Å². The van der Waals surface area contributed by atoms with Crippen LogP contribution in [0.5, 0.6) is 0 Å². The molecule has 2 rings (SSSR count). The minimum absolute atomic E-state index is 0.341. The molecule has 1 fully saturated rings. The Hall–Kier alpha value is -1.08. The lowest BCUT2D eigenvalue weighted by Gasteiger charge is -2.11. The lowest BCUT2D eigenvalue weighted by atomic mass is 10.4. The zero-order chi connectivity index (χ0) is 11.8. The van der Waals surface area contributed by atoms with E-state index in [0.29, 0.717) is 24.3 Å². The van der Waals surface area contributed by atoms with E-state index < -0.39 is 10.0 Å². The van der Waals surface area contributed by atoms with Crippen LogP contribution in [0.25, 0.3) is 0 Å². The summed E-state index contributed by atoms with van der Waals surface area (Å²) in [6.45, 7) is 3.07. The van der Waals surface area contributed by atoms with E-state index in [9.17, 15) is 8.42 Å². The molecule has 90 valence electrons. The van der Waals surface area contributed by atoms with E-state index >= 15 is 0 Å². The third-order valence-electron chi connectivity index (χ3n) is 2.72. The molecular weight excluding hydrogens is 228 g/mol. The number of sulfonamides is 1. The minimum Gasteiger partial charge on any atom is -0.315 e. The lowest BCUT2D eigenvalue weighted by Crippen LogP contribution is -2.29. The molecule has 16 heavy (non-hydrogen) atoms. The zero-order valence-corrected chi connectivity index (χ0v) is 10.2. The maximum absolute atomic E-state index is 12.0. The SMILES string of the molecule is Cc1nn(C)cc1NS(=O)(=O)C1CCNC1. The van der Waals surface area contributed by atoms with Gasteiger partial charge in [0, 0.05) is 19.8 Å². The second kappa shape index (κ2) is 4.06. The molecule has 6 nitrogen and oxygen atoms in total. The van der Waals surface area contributed by atoms with Crippen LogP contribution in [-0.4, -0.2) is 36.5 Å². The first-order chi connectivity index (χ1) is 7.49. The Balaban J connectivity index is 2.17. The van der Waals surface area contributed by atoms with Gasteiger partial charge in [-0.2, -0.15) is 5.10 Å². The average Bonchev–Trinajstić information content (AvgIpc) is 2.76. The van der Waals surface area contributed by atoms with Crippen molar-refractivity contribution in [2.24, 2.45) is 7.05 Å². The van der Waals surface area contributed by atoms with Crippen LogP contribution in [0.2, 0.25) is 0 Å². The van der Waals surface area contributed by atoms with Gasteiger partial charge in [-0.05, 0) is 19.9 Å². The number of hydrogen-bond acceptors (Lipinski definition) is 4. The first-order valence-electron chi connectivity index (χ1n) is 5.21. The summed E-state index contributed by atoms with van der Waals surface area (Å²) in [6.07, 6.45) is 2.34. The van der Waals surface area contributed by atoms with Gasteiger partial charge in [-0.3, -0.25) is 9.40 Å². The van der Waals surface area contributed by atoms with Gasteiger partial charge in [-0.15, -0.1) is 0 Å². The molecular formula is C9H16N4O2S. The fourth-order valence-electron chi connectivity index (χ4n) is 1.83. The summed E-state index contributed by atoms with van der Waals surface area (Å²) in [5.41, 5.74) is 1.26. The molecule has 0 bridgehead atoms. The first kappa shape index (κ1) is 11.4. The fraction of sp³-hybridized carbons (Fsp3) is 0.667. The third kappa shape index (κ3) is 2.19. The van der Waals surface area contributed by atoms with Gasteiger partial charge in [0.25, 0.3) is 0 Å². The molecule has 1 aliphatic heterocycles. The summed E-state index contributed by atoms with van der Waals surface area (Å²) < 4.78 is 28.1. The number of aromatic nitrogens is 2. The molecule has 0 saturated carbocycles. The van der Waals surface area contributed by atoms with Crippen molar-refractivity contribution in [2.45, 2.75) is 18.6 Å². The Morgan fingerprint density at radius 2 is 2.38 bits per heavy atom. The standard InChI is InChI=1S/C9H16N4O2S/c1-7-9(6-13(2)11-7)12-16(14,15)8-3-4-10-5-8/h6,8,10,12H,3-5H2,1-2H3. The Labute approximate surface area is 95.1 Å². The molecule has 0 spiro atoms. The first-order valence-corrected chi connectivity index (χ1v) is 6.76. The van der Waals surface area contributed by atoms with Crippen LogP contribution < -0.4 is 10.0 Å². The van der Waals surface area contributed by atoms with Gasteiger partial charge in [-0.1, -0.05) is 0 Å². The number of hydrogen-bond donors (Lipinski definition) is 2. The van der Waals surface area contributed by atoms with Crippen LogP contribution in [0.1, 0.15) is 12.1 Å². The highest BCUT2D eigenvalue weighted by atomic mass is 32.2.